The summed E-state index contributed by atoms with van der Waals surface area (Å²) in [5.41, 5.74) is 0.994. The zero-order valence-corrected chi connectivity index (χ0v) is 13.2. The van der Waals surface area contributed by atoms with E-state index in [4.69, 9.17) is 0 Å². The molecule has 1 atom stereocenters. The summed E-state index contributed by atoms with van der Waals surface area (Å²) in [7, 11) is 0. The highest BCUT2D eigenvalue weighted by atomic mass is 16.4. The number of benzene rings is 1. The van der Waals surface area contributed by atoms with Crippen molar-refractivity contribution in [1.82, 2.24) is 10.6 Å². The Balaban J connectivity index is 2.31. The van der Waals surface area contributed by atoms with Crippen molar-refractivity contribution in [2.45, 2.75) is 51.6 Å². The molecular weight excluding hydrogens is 280 g/mol. The van der Waals surface area contributed by atoms with Crippen LogP contribution in [-0.4, -0.2) is 29.6 Å². The van der Waals surface area contributed by atoms with Gasteiger partial charge in [0.05, 0.1) is 6.42 Å². The molecule has 1 amide bonds. The first kappa shape index (κ1) is 18.2. The molecule has 0 aliphatic carbocycles. The van der Waals surface area contributed by atoms with Crippen molar-refractivity contribution < 1.29 is 14.7 Å². The van der Waals surface area contributed by atoms with Crippen LogP contribution in [0.2, 0.25) is 0 Å². The fourth-order valence-corrected chi connectivity index (χ4v) is 2.12. The Bertz CT molecular complexity index is 448. The first-order valence-electron chi connectivity index (χ1n) is 7.90. The van der Waals surface area contributed by atoms with Crippen LogP contribution in [0.5, 0.6) is 0 Å². The number of rotatable bonds is 11. The SMILES string of the molecule is CCCCCCNC(=O)CC(NCc1ccccc1)C(=O)O. The zero-order valence-electron chi connectivity index (χ0n) is 13.2. The number of carbonyl (C=O) groups excluding carboxylic acids is 1. The molecule has 0 spiro atoms. The summed E-state index contributed by atoms with van der Waals surface area (Å²) in [6.45, 7) is 3.18. The summed E-state index contributed by atoms with van der Waals surface area (Å²) in [5, 5.41) is 14.9. The van der Waals surface area contributed by atoms with Crippen LogP contribution in [0.15, 0.2) is 30.3 Å². The number of amides is 1. The number of carbonyl (C=O) groups is 2. The van der Waals surface area contributed by atoms with Gasteiger partial charge in [-0.05, 0) is 12.0 Å². The van der Waals surface area contributed by atoms with Crippen LogP contribution in [0.3, 0.4) is 0 Å². The highest BCUT2D eigenvalue weighted by Crippen LogP contribution is 2.01. The molecule has 0 saturated carbocycles. The van der Waals surface area contributed by atoms with Gasteiger partial charge in [0.2, 0.25) is 5.91 Å². The van der Waals surface area contributed by atoms with Gasteiger partial charge < -0.3 is 10.4 Å². The van der Waals surface area contributed by atoms with Gasteiger partial charge in [-0.15, -0.1) is 0 Å². The minimum atomic E-state index is -1.00. The molecule has 1 aromatic carbocycles. The lowest BCUT2D eigenvalue weighted by molar-refractivity contribution is -0.141. The summed E-state index contributed by atoms with van der Waals surface area (Å²) in [6.07, 6.45) is 4.29. The molecule has 0 saturated heterocycles. The summed E-state index contributed by atoms with van der Waals surface area (Å²) in [5.74, 6) is -1.22. The molecule has 122 valence electrons. The Labute approximate surface area is 132 Å². The van der Waals surface area contributed by atoms with Gasteiger partial charge >= 0.3 is 5.97 Å². The van der Waals surface area contributed by atoms with Crippen LogP contribution in [0.25, 0.3) is 0 Å². The van der Waals surface area contributed by atoms with Crippen LogP contribution < -0.4 is 10.6 Å². The van der Waals surface area contributed by atoms with E-state index in [1.165, 1.54) is 0 Å². The lowest BCUT2D eigenvalue weighted by Crippen LogP contribution is -2.41. The molecule has 0 heterocycles. The van der Waals surface area contributed by atoms with Gasteiger partial charge in [-0.2, -0.15) is 0 Å². The Hall–Kier alpha value is -1.88. The lowest BCUT2D eigenvalue weighted by Gasteiger charge is -2.14. The van der Waals surface area contributed by atoms with Crippen molar-refractivity contribution in [3.63, 3.8) is 0 Å². The number of carboxylic acids is 1. The molecule has 0 bridgehead atoms. The Morgan fingerprint density at radius 2 is 1.86 bits per heavy atom. The van der Waals surface area contributed by atoms with Gasteiger partial charge in [0.15, 0.2) is 0 Å². The van der Waals surface area contributed by atoms with E-state index < -0.39 is 12.0 Å². The van der Waals surface area contributed by atoms with Crippen molar-refractivity contribution in [3.8, 4) is 0 Å². The topological polar surface area (TPSA) is 78.4 Å². The molecule has 5 nitrogen and oxygen atoms in total. The van der Waals surface area contributed by atoms with E-state index in [9.17, 15) is 14.7 Å². The summed E-state index contributed by atoms with van der Waals surface area (Å²) in [4.78, 5) is 23.0. The second kappa shape index (κ2) is 10.8. The van der Waals surface area contributed by atoms with E-state index in [1.807, 2.05) is 30.3 Å². The molecule has 0 aliphatic heterocycles. The third-order valence-corrected chi connectivity index (χ3v) is 3.44. The van der Waals surface area contributed by atoms with Gasteiger partial charge in [0.1, 0.15) is 6.04 Å². The maximum Gasteiger partial charge on any atom is 0.321 e. The van der Waals surface area contributed by atoms with Crippen LogP contribution in [-0.2, 0) is 16.1 Å². The van der Waals surface area contributed by atoms with Gasteiger partial charge in [-0.3, -0.25) is 14.9 Å². The van der Waals surface area contributed by atoms with E-state index in [-0.39, 0.29) is 12.3 Å². The number of aliphatic carboxylic acids is 1. The normalized spacial score (nSPS) is 11.9. The lowest BCUT2D eigenvalue weighted by atomic mass is 10.1. The molecule has 5 heteroatoms. The Morgan fingerprint density at radius 3 is 2.50 bits per heavy atom. The molecule has 0 aromatic heterocycles. The van der Waals surface area contributed by atoms with E-state index in [0.717, 1.165) is 31.2 Å². The van der Waals surface area contributed by atoms with Crippen molar-refractivity contribution in [1.29, 1.82) is 0 Å². The van der Waals surface area contributed by atoms with Crippen molar-refractivity contribution in [2.75, 3.05) is 6.54 Å². The Morgan fingerprint density at radius 1 is 1.14 bits per heavy atom. The fourth-order valence-electron chi connectivity index (χ4n) is 2.12. The predicted molar refractivity (Wildman–Crippen MR) is 86.5 cm³/mol. The van der Waals surface area contributed by atoms with Crippen molar-refractivity contribution in [3.05, 3.63) is 35.9 Å². The summed E-state index contributed by atoms with van der Waals surface area (Å²) in [6, 6.07) is 8.67. The van der Waals surface area contributed by atoms with E-state index >= 15 is 0 Å². The highest BCUT2D eigenvalue weighted by Gasteiger charge is 2.20. The van der Waals surface area contributed by atoms with Crippen LogP contribution >= 0.6 is 0 Å². The van der Waals surface area contributed by atoms with Gasteiger partial charge in [0.25, 0.3) is 0 Å². The number of unbranched alkanes of at least 4 members (excludes halogenated alkanes) is 3. The van der Waals surface area contributed by atoms with Crippen LogP contribution in [0.1, 0.15) is 44.6 Å². The zero-order chi connectivity index (χ0) is 16.2. The maximum atomic E-state index is 11.8. The molecule has 3 N–H and O–H groups in total. The second-order valence-electron chi connectivity index (χ2n) is 5.37. The smallest absolute Gasteiger partial charge is 0.321 e. The van der Waals surface area contributed by atoms with Gasteiger partial charge in [-0.25, -0.2) is 0 Å². The summed E-state index contributed by atoms with van der Waals surface area (Å²) < 4.78 is 0. The monoisotopic (exact) mass is 306 g/mol. The maximum absolute atomic E-state index is 11.8. The Kier molecular flexibility index (Phi) is 8.91. The molecule has 0 fully saturated rings. The molecule has 0 aliphatic rings. The largest absolute Gasteiger partial charge is 0.480 e. The van der Waals surface area contributed by atoms with E-state index in [1.54, 1.807) is 0 Å². The van der Waals surface area contributed by atoms with E-state index in [2.05, 4.69) is 17.6 Å². The van der Waals surface area contributed by atoms with Gasteiger partial charge in [0, 0.05) is 13.1 Å². The quantitative estimate of drug-likeness (QED) is 0.548. The molecule has 1 unspecified atom stereocenters. The second-order valence-corrected chi connectivity index (χ2v) is 5.37. The third kappa shape index (κ3) is 7.78. The predicted octanol–water partition coefficient (Wildman–Crippen LogP) is 2.32. The number of carboxylic acid groups (broad SMARTS) is 1. The molecule has 22 heavy (non-hydrogen) atoms. The molecular formula is C17H26N2O3. The average molecular weight is 306 g/mol. The number of hydrogen-bond acceptors (Lipinski definition) is 3. The highest BCUT2D eigenvalue weighted by molar-refractivity contribution is 5.84. The fraction of sp³-hybridized carbons (Fsp3) is 0.529. The van der Waals surface area contributed by atoms with Crippen molar-refractivity contribution in [2.24, 2.45) is 0 Å². The number of hydrogen-bond donors (Lipinski definition) is 3. The minimum absolute atomic E-state index is 0.0457. The summed E-state index contributed by atoms with van der Waals surface area (Å²) >= 11 is 0. The van der Waals surface area contributed by atoms with Crippen molar-refractivity contribution >= 4 is 11.9 Å². The first-order chi connectivity index (χ1) is 10.6. The van der Waals surface area contributed by atoms with Crippen LogP contribution in [0, 0.1) is 0 Å². The van der Waals surface area contributed by atoms with E-state index in [0.29, 0.717) is 13.1 Å². The third-order valence-electron chi connectivity index (χ3n) is 3.44. The molecule has 1 rings (SSSR count). The standard InChI is InChI=1S/C17H26N2O3/c1-2-3-4-8-11-18-16(20)12-15(17(21)22)19-13-14-9-6-5-7-10-14/h5-7,9-10,15,19H,2-4,8,11-13H2,1H3,(H,18,20)(H,21,22). The number of nitrogens with one attached hydrogen (secondary N) is 2. The van der Waals surface area contributed by atoms with Gasteiger partial charge in [-0.1, -0.05) is 56.5 Å². The molecule has 1 aromatic rings. The van der Waals surface area contributed by atoms with Crippen LogP contribution in [0.4, 0.5) is 0 Å². The average Bonchev–Trinajstić information content (AvgIpc) is 2.52. The minimum Gasteiger partial charge on any atom is -0.480 e. The first-order valence-corrected chi connectivity index (χ1v) is 7.90. The molecule has 0 radical (unpaired) electrons.